The number of carbonyl (C=O) groups excluding carboxylic acids is 1. The van der Waals surface area contributed by atoms with E-state index < -0.39 is 22.2 Å². The van der Waals surface area contributed by atoms with E-state index in [1.54, 1.807) is 6.92 Å². The van der Waals surface area contributed by atoms with Gasteiger partial charge in [-0.25, -0.2) is 9.37 Å². The van der Waals surface area contributed by atoms with E-state index in [0.717, 1.165) is 12.1 Å². The molecule has 0 unspecified atom stereocenters. The summed E-state index contributed by atoms with van der Waals surface area (Å²) in [7, 11) is 0. The molecule has 2 aromatic rings. The largest absolute Gasteiger partial charge is 0.445 e. The molecule has 2 rings (SSSR count). The zero-order valence-corrected chi connectivity index (χ0v) is 11.1. The predicted molar refractivity (Wildman–Crippen MR) is 72.0 cm³/mol. The third-order valence-corrected chi connectivity index (χ3v) is 2.71. The molecular formula is C14H11FN2O4. The molecule has 1 aromatic carbocycles. The van der Waals surface area contributed by atoms with Gasteiger partial charge in [-0.2, -0.15) is 0 Å². The number of Topliss-reactive ketones (excluding diaryl/α,β-unsaturated/α-hetero) is 1. The van der Waals surface area contributed by atoms with Crippen LogP contribution in [0.25, 0.3) is 0 Å². The van der Waals surface area contributed by atoms with E-state index in [0.29, 0.717) is 6.42 Å². The van der Waals surface area contributed by atoms with E-state index in [9.17, 15) is 19.3 Å². The van der Waals surface area contributed by atoms with Gasteiger partial charge in [-0.1, -0.05) is 13.0 Å². The fourth-order valence-electron chi connectivity index (χ4n) is 1.65. The molecule has 0 fully saturated rings. The number of ketones is 1. The second-order valence-corrected chi connectivity index (χ2v) is 4.10. The van der Waals surface area contributed by atoms with Gasteiger partial charge in [-0.3, -0.25) is 14.9 Å². The van der Waals surface area contributed by atoms with Crippen molar-refractivity contribution in [2.45, 2.75) is 13.3 Å². The standard InChI is InChI=1S/C14H11FN2O4/c1-2-13(18)11-7-6-9(8-16-11)21-14-10(15)4-3-5-12(14)17(19)20/h3-8H,2H2,1H3. The number of benzene rings is 1. The van der Waals surface area contributed by atoms with Crippen molar-refractivity contribution in [2.75, 3.05) is 0 Å². The zero-order chi connectivity index (χ0) is 15.4. The molecule has 0 bridgehead atoms. The average Bonchev–Trinajstić information content (AvgIpc) is 2.49. The second kappa shape index (κ2) is 6.08. The number of pyridine rings is 1. The van der Waals surface area contributed by atoms with Gasteiger partial charge in [0.2, 0.25) is 5.75 Å². The van der Waals surface area contributed by atoms with Crippen molar-refractivity contribution in [2.24, 2.45) is 0 Å². The van der Waals surface area contributed by atoms with Crippen molar-refractivity contribution in [3.63, 3.8) is 0 Å². The Labute approximate surface area is 119 Å². The van der Waals surface area contributed by atoms with Gasteiger partial charge < -0.3 is 4.74 Å². The molecule has 108 valence electrons. The summed E-state index contributed by atoms with van der Waals surface area (Å²) in [6.07, 6.45) is 1.53. The fourth-order valence-corrected chi connectivity index (χ4v) is 1.65. The highest BCUT2D eigenvalue weighted by atomic mass is 19.1. The predicted octanol–water partition coefficient (Wildman–Crippen LogP) is 3.51. The summed E-state index contributed by atoms with van der Waals surface area (Å²) in [5.41, 5.74) is -0.225. The number of nitro benzene ring substituents is 1. The van der Waals surface area contributed by atoms with E-state index >= 15 is 0 Å². The number of nitro groups is 1. The molecule has 0 spiro atoms. The minimum atomic E-state index is -0.849. The fraction of sp³-hybridized carbons (Fsp3) is 0.143. The Kier molecular flexibility index (Phi) is 4.22. The van der Waals surface area contributed by atoms with Gasteiger partial charge in [0.25, 0.3) is 0 Å². The molecule has 1 aromatic heterocycles. The smallest absolute Gasteiger partial charge is 0.314 e. The number of hydrogen-bond acceptors (Lipinski definition) is 5. The molecule has 0 aliphatic rings. The van der Waals surface area contributed by atoms with Gasteiger partial charge in [-0.15, -0.1) is 0 Å². The Morgan fingerprint density at radius 2 is 2.14 bits per heavy atom. The van der Waals surface area contributed by atoms with Crippen LogP contribution in [-0.4, -0.2) is 15.7 Å². The molecule has 0 aliphatic carbocycles. The summed E-state index contributed by atoms with van der Waals surface area (Å²) >= 11 is 0. The van der Waals surface area contributed by atoms with Gasteiger partial charge in [-0.05, 0) is 18.2 Å². The van der Waals surface area contributed by atoms with E-state index in [-0.39, 0.29) is 17.2 Å². The third-order valence-electron chi connectivity index (χ3n) is 2.71. The van der Waals surface area contributed by atoms with Gasteiger partial charge in [0, 0.05) is 12.5 Å². The SMILES string of the molecule is CCC(=O)c1ccc(Oc2c(F)cccc2[N+](=O)[O-])cn1. The number of rotatable bonds is 5. The Bertz CT molecular complexity index is 686. The van der Waals surface area contributed by atoms with Gasteiger partial charge in [0.15, 0.2) is 11.6 Å². The maximum atomic E-state index is 13.7. The highest BCUT2D eigenvalue weighted by molar-refractivity contribution is 5.93. The van der Waals surface area contributed by atoms with Crippen molar-refractivity contribution in [1.29, 1.82) is 0 Å². The molecule has 1 heterocycles. The van der Waals surface area contributed by atoms with Crippen molar-refractivity contribution < 1.29 is 18.8 Å². The second-order valence-electron chi connectivity index (χ2n) is 4.10. The van der Waals surface area contributed by atoms with Gasteiger partial charge in [0.05, 0.1) is 11.1 Å². The molecule has 0 radical (unpaired) electrons. The first-order valence-corrected chi connectivity index (χ1v) is 6.13. The normalized spacial score (nSPS) is 10.2. The highest BCUT2D eigenvalue weighted by Crippen LogP contribution is 2.33. The van der Waals surface area contributed by atoms with Crippen molar-refractivity contribution in [3.8, 4) is 11.5 Å². The van der Waals surface area contributed by atoms with Crippen LogP contribution in [0.4, 0.5) is 10.1 Å². The number of halogens is 1. The van der Waals surface area contributed by atoms with Crippen LogP contribution >= 0.6 is 0 Å². The highest BCUT2D eigenvalue weighted by Gasteiger charge is 2.20. The molecular weight excluding hydrogens is 279 g/mol. The number of carbonyl (C=O) groups is 1. The number of ether oxygens (including phenoxy) is 1. The van der Waals surface area contributed by atoms with Crippen molar-refractivity contribution in [1.82, 2.24) is 4.98 Å². The summed E-state index contributed by atoms with van der Waals surface area (Å²) < 4.78 is 18.8. The molecule has 7 heteroatoms. The molecule has 0 amide bonds. The minimum Gasteiger partial charge on any atom is -0.445 e. The summed E-state index contributed by atoms with van der Waals surface area (Å²) in [4.78, 5) is 25.4. The Morgan fingerprint density at radius 1 is 1.38 bits per heavy atom. The van der Waals surface area contributed by atoms with Crippen molar-refractivity contribution in [3.05, 3.63) is 58.2 Å². The maximum absolute atomic E-state index is 13.7. The molecule has 0 saturated carbocycles. The number of hydrogen-bond donors (Lipinski definition) is 0. The first kappa shape index (κ1) is 14.6. The summed E-state index contributed by atoms with van der Waals surface area (Å²) in [5.74, 6) is -1.37. The molecule has 0 aliphatic heterocycles. The van der Waals surface area contributed by atoms with Crippen LogP contribution in [0.3, 0.4) is 0 Å². The summed E-state index contributed by atoms with van der Waals surface area (Å²) in [5, 5.41) is 10.8. The lowest BCUT2D eigenvalue weighted by molar-refractivity contribution is -0.385. The van der Waals surface area contributed by atoms with Crippen LogP contribution in [0.1, 0.15) is 23.8 Å². The summed E-state index contributed by atoms with van der Waals surface area (Å²) in [6, 6.07) is 6.26. The van der Waals surface area contributed by atoms with E-state index in [1.165, 1.54) is 24.4 Å². The Morgan fingerprint density at radius 3 is 2.71 bits per heavy atom. The van der Waals surface area contributed by atoms with Crippen LogP contribution in [-0.2, 0) is 0 Å². The van der Waals surface area contributed by atoms with E-state index in [2.05, 4.69) is 4.98 Å². The number of aromatic nitrogens is 1. The first-order valence-electron chi connectivity index (χ1n) is 6.13. The quantitative estimate of drug-likeness (QED) is 0.478. The van der Waals surface area contributed by atoms with E-state index in [4.69, 9.17) is 4.74 Å². The molecule has 6 nitrogen and oxygen atoms in total. The van der Waals surface area contributed by atoms with Crippen LogP contribution in [0.15, 0.2) is 36.5 Å². The van der Waals surface area contributed by atoms with Gasteiger partial charge in [0.1, 0.15) is 11.4 Å². The van der Waals surface area contributed by atoms with Crippen molar-refractivity contribution >= 4 is 11.5 Å². The monoisotopic (exact) mass is 290 g/mol. The third kappa shape index (κ3) is 3.19. The topological polar surface area (TPSA) is 82.3 Å². The Hall–Kier alpha value is -2.83. The van der Waals surface area contributed by atoms with Crippen LogP contribution in [0, 0.1) is 15.9 Å². The molecule has 0 atom stereocenters. The maximum Gasteiger partial charge on any atom is 0.314 e. The van der Waals surface area contributed by atoms with Crippen LogP contribution in [0.5, 0.6) is 11.5 Å². The lowest BCUT2D eigenvalue weighted by atomic mass is 10.2. The average molecular weight is 290 g/mol. The number of para-hydroxylation sites is 1. The van der Waals surface area contributed by atoms with E-state index in [1.807, 2.05) is 0 Å². The molecule has 21 heavy (non-hydrogen) atoms. The lowest BCUT2D eigenvalue weighted by Gasteiger charge is -2.07. The molecule has 0 N–H and O–H groups in total. The first-order chi connectivity index (χ1) is 10.0. The van der Waals surface area contributed by atoms with Crippen LogP contribution < -0.4 is 4.74 Å². The Balaban J connectivity index is 2.30. The zero-order valence-electron chi connectivity index (χ0n) is 11.1. The number of nitrogens with zero attached hydrogens (tertiary/aromatic N) is 2. The molecule has 0 saturated heterocycles. The van der Waals surface area contributed by atoms with Gasteiger partial charge >= 0.3 is 5.69 Å². The minimum absolute atomic E-state index is 0.107. The lowest BCUT2D eigenvalue weighted by Crippen LogP contribution is -2.00. The van der Waals surface area contributed by atoms with Crippen LogP contribution in [0.2, 0.25) is 0 Å². The summed E-state index contributed by atoms with van der Waals surface area (Å²) in [6.45, 7) is 1.71.